The predicted octanol–water partition coefficient (Wildman–Crippen LogP) is 0.890. The number of carbonyl (C=O) groups excluding carboxylic acids is 3. The van der Waals surface area contributed by atoms with Crippen molar-refractivity contribution in [2.45, 2.75) is 52.6 Å². The maximum Gasteiger partial charge on any atom is 0.323 e. The number of nitrogens with one attached hydrogen (secondary N) is 2. The molecule has 0 radical (unpaired) electrons. The average Bonchev–Trinajstić information content (AvgIpc) is 2.54. The summed E-state index contributed by atoms with van der Waals surface area (Å²) >= 11 is 0. The van der Waals surface area contributed by atoms with Crippen LogP contribution in [0.1, 0.15) is 40.5 Å². The van der Waals surface area contributed by atoms with Crippen LogP contribution >= 0.6 is 7.44 Å². The number of hydroxylamine groups is 2. The quantitative estimate of drug-likeness (QED) is 0.191. The third kappa shape index (κ3) is 9.28. The van der Waals surface area contributed by atoms with Crippen LogP contribution < -0.4 is 10.2 Å². The molecule has 0 aliphatic heterocycles. The number of nitrogens with zero attached hydrogens (tertiary/aromatic N) is 1. The largest absolute Gasteiger partial charge is 0.465 e. The van der Waals surface area contributed by atoms with Gasteiger partial charge in [-0.2, -0.15) is 0 Å². The van der Waals surface area contributed by atoms with Crippen LogP contribution in [-0.2, 0) is 28.4 Å². The first-order chi connectivity index (χ1) is 12.1. The Hall–Kier alpha value is -1.48. The summed E-state index contributed by atoms with van der Waals surface area (Å²) in [4.78, 5) is 35.0. The topological polar surface area (TPSA) is 134 Å². The summed E-state index contributed by atoms with van der Waals surface area (Å²) in [6.07, 6.45) is 0.119. The van der Waals surface area contributed by atoms with Gasteiger partial charge in [-0.1, -0.05) is 0 Å². The first kappa shape index (κ1) is 24.5. The van der Waals surface area contributed by atoms with Gasteiger partial charge in [0, 0.05) is 19.6 Å². The van der Waals surface area contributed by atoms with Crippen molar-refractivity contribution >= 4 is 25.3 Å². The maximum atomic E-state index is 13.2. The molecule has 0 saturated heterocycles. The zero-order chi connectivity index (χ0) is 20.3. The summed E-state index contributed by atoms with van der Waals surface area (Å²) in [7, 11) is -2.23. The van der Waals surface area contributed by atoms with Crippen molar-refractivity contribution in [2.75, 3.05) is 26.4 Å². The average molecular weight is 395 g/mol. The Morgan fingerprint density at radius 1 is 1.04 bits per heavy atom. The molecule has 152 valence electrons. The van der Waals surface area contributed by atoms with E-state index in [1.54, 1.807) is 13.8 Å². The van der Waals surface area contributed by atoms with Crippen molar-refractivity contribution in [1.82, 2.24) is 15.2 Å². The summed E-state index contributed by atoms with van der Waals surface area (Å²) in [5, 5.41) is 14.9. The molecule has 0 aromatic carbocycles. The third-order valence-electron chi connectivity index (χ3n) is 3.31. The van der Waals surface area contributed by atoms with Gasteiger partial charge in [-0.05, 0) is 34.1 Å². The second kappa shape index (κ2) is 12.0. The van der Waals surface area contributed by atoms with Crippen LogP contribution in [0.2, 0.25) is 0 Å². The van der Waals surface area contributed by atoms with Crippen molar-refractivity contribution in [3.63, 3.8) is 0 Å². The van der Waals surface area contributed by atoms with Crippen LogP contribution in [0.25, 0.3) is 0 Å². The molecular weight excluding hydrogens is 365 g/mol. The smallest absolute Gasteiger partial charge is 0.323 e. The second-order valence-corrected chi connectivity index (χ2v) is 8.13. The van der Waals surface area contributed by atoms with E-state index in [0.717, 1.165) is 0 Å². The molecule has 0 aromatic heterocycles. The molecule has 3 N–H and O–H groups in total. The number of carbonyl (C=O) groups is 3. The summed E-state index contributed by atoms with van der Waals surface area (Å²) < 4.78 is 22.9. The third-order valence-corrected chi connectivity index (χ3v) is 5.86. The summed E-state index contributed by atoms with van der Waals surface area (Å²) in [6, 6.07) is -1.75. The van der Waals surface area contributed by atoms with E-state index in [1.807, 2.05) is 0 Å². The molecule has 0 fully saturated rings. The summed E-state index contributed by atoms with van der Waals surface area (Å²) in [5.41, 5.74) is 0. The van der Waals surface area contributed by atoms with Crippen molar-refractivity contribution in [3.05, 3.63) is 0 Å². The molecule has 0 aliphatic rings. The van der Waals surface area contributed by atoms with Gasteiger partial charge in [-0.25, -0.2) is 15.2 Å². The maximum absolute atomic E-state index is 13.2. The van der Waals surface area contributed by atoms with E-state index in [4.69, 9.17) is 14.7 Å². The Kier molecular flexibility index (Phi) is 11.3. The van der Waals surface area contributed by atoms with Gasteiger partial charge < -0.3 is 9.47 Å². The standard InChI is InChI=1S/C15H30N3O7P/c1-6-24-14(20)11(3)16-26(23,10-8-9-13(19)18(5)22)17-12(4)15(21)25-7-2/h11-12,22H,6-10H2,1-5H3,(H2,16,17,23)/t11-,12-/m0/s1. The number of hydrogen-bond acceptors (Lipinski definition) is 7. The zero-order valence-electron chi connectivity index (χ0n) is 16.0. The number of amides is 1. The molecule has 2 atom stereocenters. The Balaban J connectivity index is 5.05. The van der Waals surface area contributed by atoms with E-state index in [-0.39, 0.29) is 32.2 Å². The summed E-state index contributed by atoms with van der Waals surface area (Å²) in [6.45, 7) is 6.66. The first-order valence-electron chi connectivity index (χ1n) is 8.49. The fraction of sp³-hybridized carbons (Fsp3) is 0.800. The van der Waals surface area contributed by atoms with E-state index >= 15 is 0 Å². The molecule has 0 unspecified atom stereocenters. The highest BCUT2D eigenvalue weighted by molar-refractivity contribution is 7.59. The minimum Gasteiger partial charge on any atom is -0.465 e. The lowest BCUT2D eigenvalue weighted by atomic mass is 10.3. The van der Waals surface area contributed by atoms with Crippen LogP contribution in [0.4, 0.5) is 0 Å². The van der Waals surface area contributed by atoms with Gasteiger partial charge in [0.05, 0.1) is 13.2 Å². The Morgan fingerprint density at radius 2 is 1.46 bits per heavy atom. The second-order valence-electron chi connectivity index (χ2n) is 5.69. The van der Waals surface area contributed by atoms with Gasteiger partial charge in [0.1, 0.15) is 12.1 Å². The Labute approximate surface area is 154 Å². The van der Waals surface area contributed by atoms with Gasteiger partial charge in [0.2, 0.25) is 13.4 Å². The monoisotopic (exact) mass is 395 g/mol. The van der Waals surface area contributed by atoms with Crippen molar-refractivity contribution in [2.24, 2.45) is 0 Å². The highest BCUT2D eigenvalue weighted by Gasteiger charge is 2.31. The van der Waals surface area contributed by atoms with Crippen LogP contribution in [0, 0.1) is 0 Å². The summed E-state index contributed by atoms with van der Waals surface area (Å²) in [5.74, 6) is -1.69. The highest BCUT2D eigenvalue weighted by Crippen LogP contribution is 2.38. The number of esters is 2. The molecule has 11 heteroatoms. The van der Waals surface area contributed by atoms with Gasteiger partial charge in [-0.3, -0.25) is 24.2 Å². The first-order valence-corrected chi connectivity index (χ1v) is 10.4. The minimum absolute atomic E-state index is 0.0138. The fourth-order valence-corrected chi connectivity index (χ4v) is 4.44. The Bertz CT molecular complexity index is 497. The highest BCUT2D eigenvalue weighted by atomic mass is 31.2. The fourth-order valence-electron chi connectivity index (χ4n) is 2.05. The predicted molar refractivity (Wildman–Crippen MR) is 94.7 cm³/mol. The molecule has 0 saturated carbocycles. The van der Waals surface area contributed by atoms with Crippen molar-refractivity contribution < 1.29 is 33.6 Å². The number of rotatable bonds is 12. The van der Waals surface area contributed by atoms with E-state index < -0.39 is 37.4 Å². The lowest BCUT2D eigenvalue weighted by Gasteiger charge is -2.26. The van der Waals surface area contributed by atoms with E-state index in [0.29, 0.717) is 5.06 Å². The molecular formula is C15H30N3O7P. The van der Waals surface area contributed by atoms with Crippen LogP contribution in [0.15, 0.2) is 0 Å². The molecule has 0 heterocycles. The normalized spacial score (nSPS) is 13.6. The van der Waals surface area contributed by atoms with Crippen LogP contribution in [0.3, 0.4) is 0 Å². The van der Waals surface area contributed by atoms with Gasteiger partial charge in [0.15, 0.2) is 0 Å². The lowest BCUT2D eigenvalue weighted by Crippen LogP contribution is -2.42. The van der Waals surface area contributed by atoms with Gasteiger partial charge >= 0.3 is 11.9 Å². The molecule has 0 bridgehead atoms. The molecule has 0 aliphatic carbocycles. The van der Waals surface area contributed by atoms with Gasteiger partial charge in [0.25, 0.3) is 0 Å². The Morgan fingerprint density at radius 3 is 1.81 bits per heavy atom. The SMILES string of the molecule is CCOC(=O)[C@H](C)NP(=O)(CCCC(=O)N(C)O)N[C@@H](C)C(=O)OCC. The van der Waals surface area contributed by atoms with Gasteiger partial charge in [-0.15, -0.1) is 0 Å². The molecule has 10 nitrogen and oxygen atoms in total. The van der Waals surface area contributed by atoms with E-state index in [9.17, 15) is 18.9 Å². The molecule has 0 aromatic rings. The number of ether oxygens (including phenoxy) is 2. The van der Waals surface area contributed by atoms with Crippen molar-refractivity contribution in [1.29, 1.82) is 0 Å². The van der Waals surface area contributed by atoms with Crippen molar-refractivity contribution in [3.8, 4) is 0 Å². The molecule has 0 rings (SSSR count). The molecule has 1 amide bonds. The molecule has 26 heavy (non-hydrogen) atoms. The minimum atomic E-state index is -3.43. The molecule has 0 spiro atoms. The van der Waals surface area contributed by atoms with E-state index in [2.05, 4.69) is 10.2 Å². The van der Waals surface area contributed by atoms with Crippen LogP contribution in [0.5, 0.6) is 0 Å². The zero-order valence-corrected chi connectivity index (χ0v) is 16.9. The van der Waals surface area contributed by atoms with E-state index in [1.165, 1.54) is 20.9 Å². The lowest BCUT2D eigenvalue weighted by molar-refractivity contribution is -0.159. The number of hydrogen-bond donors (Lipinski definition) is 3. The van der Waals surface area contributed by atoms with Crippen LogP contribution in [-0.4, -0.2) is 66.6 Å².